The minimum absolute atomic E-state index is 0.0430. The highest BCUT2D eigenvalue weighted by Crippen LogP contribution is 2.29. The van der Waals surface area contributed by atoms with E-state index < -0.39 is 0 Å². The van der Waals surface area contributed by atoms with Crippen LogP contribution < -0.4 is 10.1 Å². The highest BCUT2D eigenvalue weighted by molar-refractivity contribution is 5.91. The molecule has 0 unspecified atom stereocenters. The van der Waals surface area contributed by atoms with Crippen LogP contribution in [0.3, 0.4) is 0 Å². The van der Waals surface area contributed by atoms with Crippen LogP contribution in [0.4, 0.5) is 5.88 Å². The molecule has 0 aliphatic heterocycles. The Morgan fingerprint density at radius 3 is 2.92 bits per heavy atom. The average Bonchev–Trinajstić information content (AvgIpc) is 2.96. The van der Waals surface area contributed by atoms with Crippen molar-refractivity contribution in [3.05, 3.63) is 40.6 Å². The first-order chi connectivity index (χ1) is 11.5. The van der Waals surface area contributed by atoms with Gasteiger partial charge in [0.2, 0.25) is 5.88 Å². The minimum atomic E-state index is -0.226. The van der Waals surface area contributed by atoms with Crippen molar-refractivity contribution in [2.24, 2.45) is 0 Å². The average molecular weight is 328 g/mol. The van der Waals surface area contributed by atoms with E-state index in [9.17, 15) is 4.79 Å². The highest BCUT2D eigenvalue weighted by atomic mass is 16.5. The number of nitrogens with one attached hydrogen (secondary N) is 1. The van der Waals surface area contributed by atoms with Crippen molar-refractivity contribution in [3.63, 3.8) is 0 Å². The molecule has 2 aromatic rings. The first-order valence-electron chi connectivity index (χ1n) is 8.55. The second-order valence-electron chi connectivity index (χ2n) is 6.68. The summed E-state index contributed by atoms with van der Waals surface area (Å²) < 4.78 is 11.0. The maximum absolute atomic E-state index is 12.2. The van der Waals surface area contributed by atoms with Crippen LogP contribution in [0.1, 0.15) is 55.0 Å². The Kier molecular flexibility index (Phi) is 4.88. The van der Waals surface area contributed by atoms with E-state index in [4.69, 9.17) is 9.26 Å². The van der Waals surface area contributed by atoms with E-state index >= 15 is 0 Å². The number of carbonyl (C=O) groups is 1. The van der Waals surface area contributed by atoms with Crippen LogP contribution in [-0.4, -0.2) is 17.7 Å². The van der Waals surface area contributed by atoms with Crippen molar-refractivity contribution in [1.29, 1.82) is 0 Å². The number of ether oxygens (including phenoxy) is 1. The van der Waals surface area contributed by atoms with Crippen LogP contribution in [0, 0.1) is 6.92 Å². The van der Waals surface area contributed by atoms with E-state index in [1.807, 2.05) is 13.0 Å². The standard InChI is InChI=1S/C19H24N2O3/c1-12(2)14-9-8-13(3)10-17(14)23-11-18(22)20-19-15-6-4-5-7-16(15)21-24-19/h8-10,12H,4-7,11H2,1-3H3,(H,20,22). The quantitative estimate of drug-likeness (QED) is 0.901. The number of hydrogen-bond acceptors (Lipinski definition) is 4. The molecule has 1 aliphatic rings. The minimum Gasteiger partial charge on any atom is -0.483 e. The van der Waals surface area contributed by atoms with Crippen molar-refractivity contribution < 1.29 is 14.1 Å². The lowest BCUT2D eigenvalue weighted by molar-refractivity contribution is -0.118. The fourth-order valence-corrected chi connectivity index (χ4v) is 3.04. The van der Waals surface area contributed by atoms with E-state index in [0.717, 1.165) is 53.8 Å². The molecule has 0 spiro atoms. The first kappa shape index (κ1) is 16.6. The topological polar surface area (TPSA) is 64.4 Å². The number of anilines is 1. The van der Waals surface area contributed by atoms with Gasteiger partial charge in [-0.1, -0.05) is 31.1 Å². The first-order valence-corrected chi connectivity index (χ1v) is 8.55. The number of aryl methyl sites for hydroxylation is 2. The van der Waals surface area contributed by atoms with Crippen LogP contribution in [0.5, 0.6) is 5.75 Å². The normalized spacial score (nSPS) is 13.7. The molecule has 0 saturated carbocycles. The summed E-state index contributed by atoms with van der Waals surface area (Å²) >= 11 is 0. The zero-order valence-electron chi connectivity index (χ0n) is 14.5. The van der Waals surface area contributed by atoms with Gasteiger partial charge in [0.05, 0.1) is 5.69 Å². The Labute approximate surface area is 142 Å². The molecule has 24 heavy (non-hydrogen) atoms. The molecule has 0 fully saturated rings. The third-order valence-corrected chi connectivity index (χ3v) is 4.36. The van der Waals surface area contributed by atoms with Gasteiger partial charge in [-0.15, -0.1) is 0 Å². The summed E-state index contributed by atoms with van der Waals surface area (Å²) in [6.07, 6.45) is 4.06. The maximum atomic E-state index is 12.2. The predicted molar refractivity (Wildman–Crippen MR) is 92.5 cm³/mol. The smallest absolute Gasteiger partial charge is 0.264 e. The van der Waals surface area contributed by atoms with Gasteiger partial charge in [-0.3, -0.25) is 10.1 Å². The Morgan fingerprint density at radius 2 is 2.12 bits per heavy atom. The van der Waals surface area contributed by atoms with Crippen molar-refractivity contribution in [1.82, 2.24) is 5.16 Å². The molecule has 1 N–H and O–H groups in total. The molecule has 0 saturated heterocycles. The van der Waals surface area contributed by atoms with Crippen molar-refractivity contribution in [2.45, 2.75) is 52.4 Å². The van der Waals surface area contributed by atoms with Gasteiger partial charge >= 0.3 is 0 Å². The molecule has 3 rings (SSSR count). The van der Waals surface area contributed by atoms with E-state index in [0.29, 0.717) is 11.8 Å². The SMILES string of the molecule is Cc1ccc(C(C)C)c(OCC(=O)Nc2onc3c2CCCC3)c1. The number of amides is 1. The largest absolute Gasteiger partial charge is 0.483 e. The second kappa shape index (κ2) is 7.07. The molecule has 0 atom stereocenters. The van der Waals surface area contributed by atoms with E-state index in [1.165, 1.54) is 0 Å². The number of carbonyl (C=O) groups excluding carboxylic acids is 1. The summed E-state index contributed by atoms with van der Waals surface area (Å²) in [7, 11) is 0. The van der Waals surface area contributed by atoms with Crippen molar-refractivity contribution in [3.8, 4) is 5.75 Å². The van der Waals surface area contributed by atoms with Crippen LogP contribution in [0.25, 0.3) is 0 Å². The molecule has 5 nitrogen and oxygen atoms in total. The number of rotatable bonds is 5. The molecule has 1 aliphatic carbocycles. The zero-order chi connectivity index (χ0) is 17.1. The lowest BCUT2D eigenvalue weighted by atomic mass is 9.98. The number of aromatic nitrogens is 1. The van der Waals surface area contributed by atoms with Gasteiger partial charge in [-0.05, 0) is 55.7 Å². The predicted octanol–water partition coefficient (Wildman–Crippen LogP) is 4.00. The van der Waals surface area contributed by atoms with Gasteiger partial charge in [-0.25, -0.2) is 0 Å². The molecule has 128 valence electrons. The monoisotopic (exact) mass is 328 g/mol. The van der Waals surface area contributed by atoms with E-state index in [-0.39, 0.29) is 12.5 Å². The molecule has 0 bridgehead atoms. The lowest BCUT2D eigenvalue weighted by Gasteiger charge is -2.15. The third-order valence-electron chi connectivity index (χ3n) is 4.36. The third kappa shape index (κ3) is 3.61. The van der Waals surface area contributed by atoms with Crippen molar-refractivity contribution in [2.75, 3.05) is 11.9 Å². The van der Waals surface area contributed by atoms with Gasteiger partial charge in [0.25, 0.3) is 5.91 Å². The summed E-state index contributed by atoms with van der Waals surface area (Å²) in [4.78, 5) is 12.2. The van der Waals surface area contributed by atoms with Crippen LogP contribution in [-0.2, 0) is 17.6 Å². The lowest BCUT2D eigenvalue weighted by Crippen LogP contribution is -2.21. The Morgan fingerprint density at radius 1 is 1.33 bits per heavy atom. The number of fused-ring (bicyclic) bond motifs is 1. The molecule has 5 heteroatoms. The van der Waals surface area contributed by atoms with Crippen molar-refractivity contribution >= 4 is 11.8 Å². The molecular weight excluding hydrogens is 304 g/mol. The van der Waals surface area contributed by atoms with Gasteiger partial charge in [0, 0.05) is 5.56 Å². The highest BCUT2D eigenvalue weighted by Gasteiger charge is 2.21. The number of hydrogen-bond donors (Lipinski definition) is 1. The Bertz CT molecular complexity index is 734. The Hall–Kier alpha value is -2.30. The molecule has 1 aromatic heterocycles. The van der Waals surface area contributed by atoms with Crippen LogP contribution >= 0.6 is 0 Å². The van der Waals surface area contributed by atoms with E-state index in [1.54, 1.807) is 0 Å². The molecule has 1 aromatic carbocycles. The van der Waals surface area contributed by atoms with Gasteiger partial charge in [-0.2, -0.15) is 0 Å². The molecular formula is C19H24N2O3. The van der Waals surface area contributed by atoms with Gasteiger partial charge in [0.15, 0.2) is 6.61 Å². The molecule has 1 amide bonds. The van der Waals surface area contributed by atoms with Gasteiger partial charge < -0.3 is 9.26 Å². The fraction of sp³-hybridized carbons (Fsp3) is 0.474. The van der Waals surface area contributed by atoms with E-state index in [2.05, 4.69) is 36.5 Å². The Balaban J connectivity index is 1.64. The number of nitrogens with zero attached hydrogens (tertiary/aromatic N) is 1. The molecule has 0 radical (unpaired) electrons. The van der Waals surface area contributed by atoms with Crippen LogP contribution in [0.2, 0.25) is 0 Å². The maximum Gasteiger partial charge on any atom is 0.264 e. The summed E-state index contributed by atoms with van der Waals surface area (Å²) in [6.45, 7) is 6.19. The zero-order valence-corrected chi connectivity index (χ0v) is 14.5. The van der Waals surface area contributed by atoms with Gasteiger partial charge in [0.1, 0.15) is 5.75 Å². The number of benzene rings is 1. The summed E-state index contributed by atoms with van der Waals surface area (Å²) in [5, 5.41) is 6.84. The summed E-state index contributed by atoms with van der Waals surface area (Å²) in [5.74, 6) is 1.35. The fourth-order valence-electron chi connectivity index (χ4n) is 3.04. The van der Waals surface area contributed by atoms with Crippen LogP contribution in [0.15, 0.2) is 22.7 Å². The molecule has 1 heterocycles. The second-order valence-corrected chi connectivity index (χ2v) is 6.68. The summed E-state index contributed by atoms with van der Waals surface area (Å²) in [6, 6.07) is 6.09. The summed E-state index contributed by atoms with van der Waals surface area (Å²) in [5.41, 5.74) is 4.22.